The Balaban J connectivity index is 1.76. The zero-order chi connectivity index (χ0) is 20.3. The molecule has 0 spiro atoms. The lowest BCUT2D eigenvalue weighted by molar-refractivity contribution is -0.139. The molecule has 9 heteroatoms. The van der Waals surface area contributed by atoms with Crippen LogP contribution in [0.4, 0.5) is 10.5 Å². The van der Waals surface area contributed by atoms with E-state index in [1.807, 2.05) is 35.8 Å². The molecular formula is C19H20ClN5O3. The molecule has 146 valence electrons. The minimum Gasteiger partial charge on any atom is -0.302 e. The topological polar surface area (TPSA) is 76.5 Å². The molecule has 1 fully saturated rings. The molecule has 8 nitrogen and oxygen atoms in total. The molecule has 3 heterocycles. The molecule has 1 saturated heterocycles. The van der Waals surface area contributed by atoms with Gasteiger partial charge in [-0.1, -0.05) is 11.6 Å². The van der Waals surface area contributed by atoms with Crippen molar-refractivity contribution in [2.45, 2.75) is 33.0 Å². The summed E-state index contributed by atoms with van der Waals surface area (Å²) in [6.45, 7) is 4.99. The lowest BCUT2D eigenvalue weighted by Gasteiger charge is -2.40. The number of carbonyl (C=O) groups is 3. The number of likely N-dealkylation sites (N-methyl/N-ethyl adjacent to an activating group) is 1. The Kier molecular flexibility index (Phi) is 4.19. The number of nitrogens with zero attached hydrogens (tertiary/aromatic N) is 5. The van der Waals surface area contributed by atoms with E-state index < -0.39 is 24.1 Å². The first kappa shape index (κ1) is 18.5. The maximum absolute atomic E-state index is 13.1. The molecule has 0 aromatic heterocycles. The lowest BCUT2D eigenvalue weighted by atomic mass is 10.1. The Hall–Kier alpha value is -2.87. The van der Waals surface area contributed by atoms with Crippen LogP contribution in [0.5, 0.6) is 0 Å². The first-order valence-electron chi connectivity index (χ1n) is 8.90. The smallest absolute Gasteiger partial charge is 0.302 e. The summed E-state index contributed by atoms with van der Waals surface area (Å²) in [6, 6.07) is 6.14. The van der Waals surface area contributed by atoms with Crippen molar-refractivity contribution in [3.63, 3.8) is 0 Å². The molecular weight excluding hydrogens is 382 g/mol. The van der Waals surface area contributed by atoms with Crippen molar-refractivity contribution in [3.8, 4) is 0 Å². The molecule has 1 aromatic rings. The Morgan fingerprint density at radius 1 is 1.14 bits per heavy atom. The van der Waals surface area contributed by atoms with Gasteiger partial charge in [-0.2, -0.15) is 0 Å². The first-order valence-corrected chi connectivity index (χ1v) is 9.28. The molecule has 3 aliphatic heterocycles. The van der Waals surface area contributed by atoms with Gasteiger partial charge in [0.05, 0.1) is 6.54 Å². The van der Waals surface area contributed by atoms with E-state index in [9.17, 15) is 14.4 Å². The SMILES string of the molecule is CC(=O)CN1C(=O)C2C(N=C3N(c4ccc(Cl)cc4)C(C)=C(C)N32)N(C)C1=O. The highest BCUT2D eigenvalue weighted by Gasteiger charge is 2.56. The minimum atomic E-state index is -0.690. The number of Topliss-reactive ketones (excluding diaryl/α,β-unsaturated/α-hetero) is 1. The molecule has 0 saturated carbocycles. The van der Waals surface area contributed by atoms with Crippen molar-refractivity contribution >= 4 is 41.0 Å². The number of rotatable bonds is 3. The van der Waals surface area contributed by atoms with Gasteiger partial charge in [-0.3, -0.25) is 24.3 Å². The fourth-order valence-corrected chi connectivity index (χ4v) is 4.01. The highest BCUT2D eigenvalue weighted by molar-refractivity contribution is 6.30. The van der Waals surface area contributed by atoms with E-state index in [1.165, 1.54) is 11.8 Å². The third-order valence-electron chi connectivity index (χ3n) is 5.36. The van der Waals surface area contributed by atoms with Crippen molar-refractivity contribution in [1.82, 2.24) is 14.7 Å². The predicted octanol–water partition coefficient (Wildman–Crippen LogP) is 2.26. The zero-order valence-electron chi connectivity index (χ0n) is 16.0. The molecule has 2 atom stereocenters. The standard InChI is InChI=1S/C19H20ClN5O3/c1-10(26)9-23-17(27)15-16(22(4)19(23)28)21-18-24(11(2)12(3)25(15)18)14-7-5-13(20)6-8-14/h5-8,15-16H,9H2,1-4H3. The number of hydrogen-bond acceptors (Lipinski definition) is 6. The van der Waals surface area contributed by atoms with Gasteiger partial charge in [0.15, 0.2) is 12.2 Å². The van der Waals surface area contributed by atoms with Crippen LogP contribution in [0.3, 0.4) is 0 Å². The normalized spacial score (nSPS) is 24.1. The van der Waals surface area contributed by atoms with Crippen molar-refractivity contribution in [1.29, 1.82) is 0 Å². The van der Waals surface area contributed by atoms with Crippen LogP contribution < -0.4 is 4.90 Å². The number of imide groups is 1. The summed E-state index contributed by atoms with van der Waals surface area (Å²) in [5.41, 5.74) is 2.67. The van der Waals surface area contributed by atoms with Gasteiger partial charge in [0.2, 0.25) is 5.96 Å². The third-order valence-corrected chi connectivity index (χ3v) is 5.61. The number of urea groups is 1. The number of carbonyl (C=O) groups excluding carboxylic acids is 3. The van der Waals surface area contributed by atoms with Gasteiger partial charge in [0.1, 0.15) is 5.78 Å². The molecule has 3 amide bonds. The number of amides is 3. The first-order chi connectivity index (χ1) is 13.2. The summed E-state index contributed by atoms with van der Waals surface area (Å²) in [5, 5.41) is 0.626. The van der Waals surface area contributed by atoms with E-state index in [2.05, 4.69) is 0 Å². The van der Waals surface area contributed by atoms with Crippen molar-refractivity contribution < 1.29 is 14.4 Å². The number of guanidine groups is 1. The Labute approximate surface area is 167 Å². The van der Waals surface area contributed by atoms with Gasteiger partial charge in [-0.05, 0) is 45.0 Å². The number of anilines is 1. The third kappa shape index (κ3) is 2.51. The van der Waals surface area contributed by atoms with Crippen molar-refractivity contribution in [2.75, 3.05) is 18.5 Å². The number of halogens is 1. The van der Waals surface area contributed by atoms with E-state index in [0.29, 0.717) is 11.0 Å². The number of hydrogen-bond donors (Lipinski definition) is 0. The van der Waals surface area contributed by atoms with Crippen LogP contribution in [0.15, 0.2) is 40.7 Å². The molecule has 0 aliphatic carbocycles. The predicted molar refractivity (Wildman–Crippen MR) is 105 cm³/mol. The molecule has 28 heavy (non-hydrogen) atoms. The van der Waals surface area contributed by atoms with Crippen LogP contribution in [0, 0.1) is 0 Å². The molecule has 0 bridgehead atoms. The number of allylic oxidation sites excluding steroid dienone is 2. The van der Waals surface area contributed by atoms with Gasteiger partial charge in [0, 0.05) is 29.2 Å². The number of aliphatic imine (C=N–C) groups is 1. The lowest BCUT2D eigenvalue weighted by Crippen LogP contribution is -2.65. The van der Waals surface area contributed by atoms with E-state index >= 15 is 0 Å². The fourth-order valence-electron chi connectivity index (χ4n) is 3.88. The second kappa shape index (κ2) is 6.34. The molecule has 2 unspecified atom stereocenters. The van der Waals surface area contributed by atoms with Crippen molar-refractivity contribution in [3.05, 3.63) is 40.7 Å². The second-order valence-corrected chi connectivity index (χ2v) is 7.60. The summed E-state index contributed by atoms with van der Waals surface area (Å²) < 4.78 is 0. The van der Waals surface area contributed by atoms with E-state index in [1.54, 1.807) is 19.2 Å². The van der Waals surface area contributed by atoms with Crippen LogP contribution in [-0.4, -0.2) is 64.2 Å². The summed E-state index contributed by atoms with van der Waals surface area (Å²) >= 11 is 6.01. The summed E-state index contributed by atoms with van der Waals surface area (Å²) in [6.07, 6.45) is -0.643. The maximum atomic E-state index is 13.1. The molecule has 1 aromatic carbocycles. The fraction of sp³-hybridized carbons (Fsp3) is 0.368. The van der Waals surface area contributed by atoms with E-state index in [0.717, 1.165) is 22.0 Å². The van der Waals surface area contributed by atoms with Crippen molar-refractivity contribution in [2.24, 2.45) is 4.99 Å². The van der Waals surface area contributed by atoms with Gasteiger partial charge < -0.3 is 4.90 Å². The Morgan fingerprint density at radius 3 is 2.39 bits per heavy atom. The Morgan fingerprint density at radius 2 is 1.79 bits per heavy atom. The summed E-state index contributed by atoms with van der Waals surface area (Å²) in [7, 11) is 1.60. The molecule has 4 rings (SSSR count). The number of benzene rings is 1. The molecule has 0 radical (unpaired) electrons. The average Bonchev–Trinajstić information content (AvgIpc) is 3.14. The number of ketones is 1. The van der Waals surface area contributed by atoms with E-state index in [-0.39, 0.29) is 12.3 Å². The van der Waals surface area contributed by atoms with Crippen LogP contribution in [-0.2, 0) is 9.59 Å². The highest BCUT2D eigenvalue weighted by Crippen LogP contribution is 2.40. The summed E-state index contributed by atoms with van der Waals surface area (Å²) in [5.74, 6) is -0.0718. The van der Waals surface area contributed by atoms with Gasteiger partial charge in [0.25, 0.3) is 5.91 Å². The minimum absolute atomic E-state index is 0.239. The van der Waals surface area contributed by atoms with Crippen LogP contribution >= 0.6 is 11.6 Å². The van der Waals surface area contributed by atoms with Crippen LogP contribution in [0.25, 0.3) is 0 Å². The quantitative estimate of drug-likeness (QED) is 0.776. The van der Waals surface area contributed by atoms with Gasteiger partial charge >= 0.3 is 6.03 Å². The average molecular weight is 402 g/mol. The molecule has 0 N–H and O–H groups in total. The van der Waals surface area contributed by atoms with E-state index in [4.69, 9.17) is 16.6 Å². The Bertz CT molecular complexity index is 955. The van der Waals surface area contributed by atoms with Crippen LogP contribution in [0.1, 0.15) is 20.8 Å². The monoisotopic (exact) mass is 401 g/mol. The highest BCUT2D eigenvalue weighted by atomic mass is 35.5. The largest absolute Gasteiger partial charge is 0.328 e. The molecule has 3 aliphatic rings. The maximum Gasteiger partial charge on any atom is 0.328 e. The van der Waals surface area contributed by atoms with Gasteiger partial charge in [-0.15, -0.1) is 0 Å². The second-order valence-electron chi connectivity index (χ2n) is 7.16. The zero-order valence-corrected chi connectivity index (χ0v) is 16.8. The summed E-state index contributed by atoms with van der Waals surface area (Å²) in [4.78, 5) is 48.3. The van der Waals surface area contributed by atoms with Gasteiger partial charge in [-0.25, -0.2) is 9.79 Å². The van der Waals surface area contributed by atoms with Crippen LogP contribution in [0.2, 0.25) is 5.02 Å². The number of fused-ring (bicyclic) bond motifs is 3.